The summed E-state index contributed by atoms with van der Waals surface area (Å²) in [4.78, 5) is 38.6. The Kier molecular flexibility index (Phi) is 9.45. The Balaban J connectivity index is 2.44. The molecule has 1 rings (SSSR count). The highest BCUT2D eigenvalue weighted by molar-refractivity contribution is 5.82. The minimum atomic E-state index is -0.532. The lowest BCUT2D eigenvalue weighted by molar-refractivity contribution is -0.156. The average molecular weight is 397 g/mol. The summed E-state index contributed by atoms with van der Waals surface area (Å²) >= 11 is 0. The first kappa shape index (κ1) is 24.4. The number of amides is 2. The van der Waals surface area contributed by atoms with Crippen LogP contribution in [0.15, 0.2) is 0 Å². The van der Waals surface area contributed by atoms with E-state index in [2.05, 4.69) is 26.1 Å². The first-order valence-electron chi connectivity index (χ1n) is 10.8. The molecule has 6 nitrogen and oxygen atoms in total. The van der Waals surface area contributed by atoms with Crippen LogP contribution in [-0.4, -0.2) is 46.9 Å². The quantitative estimate of drug-likeness (QED) is 0.601. The van der Waals surface area contributed by atoms with Crippen LogP contribution in [0.3, 0.4) is 0 Å². The van der Waals surface area contributed by atoms with Crippen LogP contribution in [-0.2, 0) is 19.1 Å². The number of nitrogens with one attached hydrogen (secondary N) is 1. The number of esters is 1. The van der Waals surface area contributed by atoms with Gasteiger partial charge in [0.15, 0.2) is 0 Å². The molecule has 28 heavy (non-hydrogen) atoms. The van der Waals surface area contributed by atoms with E-state index in [1.165, 1.54) is 0 Å². The second kappa shape index (κ2) is 10.8. The van der Waals surface area contributed by atoms with Crippen molar-refractivity contribution in [1.82, 2.24) is 10.2 Å². The highest BCUT2D eigenvalue weighted by atomic mass is 16.6. The number of rotatable bonds is 9. The number of hydrogen-bond acceptors (Lipinski definition) is 4. The van der Waals surface area contributed by atoms with E-state index in [1.54, 1.807) is 4.90 Å². The largest absolute Gasteiger partial charge is 0.460 e. The fraction of sp³-hybridized carbons (Fsp3) is 0.864. The number of piperidine rings is 1. The van der Waals surface area contributed by atoms with E-state index in [9.17, 15) is 14.4 Å². The molecule has 0 aliphatic carbocycles. The van der Waals surface area contributed by atoms with E-state index >= 15 is 0 Å². The Morgan fingerprint density at radius 2 is 1.50 bits per heavy atom. The van der Waals surface area contributed by atoms with Gasteiger partial charge in [-0.2, -0.15) is 0 Å². The third-order valence-corrected chi connectivity index (χ3v) is 5.21. The van der Waals surface area contributed by atoms with E-state index in [0.717, 1.165) is 25.7 Å². The van der Waals surface area contributed by atoms with Crippen LogP contribution in [0.25, 0.3) is 0 Å². The van der Waals surface area contributed by atoms with Crippen LogP contribution in [0.4, 0.5) is 0 Å². The zero-order valence-corrected chi connectivity index (χ0v) is 18.7. The number of carbonyl (C=O) groups is 3. The van der Waals surface area contributed by atoms with Crippen molar-refractivity contribution < 1.29 is 19.1 Å². The summed E-state index contributed by atoms with van der Waals surface area (Å²) in [6.45, 7) is 13.0. The topological polar surface area (TPSA) is 75.7 Å². The number of ether oxygens (including phenoxy) is 1. The van der Waals surface area contributed by atoms with Crippen molar-refractivity contribution in [2.24, 2.45) is 5.92 Å². The third-order valence-electron chi connectivity index (χ3n) is 5.21. The molecule has 1 aliphatic rings. The van der Waals surface area contributed by atoms with Crippen molar-refractivity contribution in [2.75, 3.05) is 13.1 Å². The molecule has 2 amide bonds. The molecule has 0 saturated carbocycles. The summed E-state index contributed by atoms with van der Waals surface area (Å²) < 4.78 is 5.25. The number of carbonyl (C=O) groups excluding carboxylic acids is 3. The molecule has 1 heterocycles. The first-order chi connectivity index (χ1) is 13.0. The molecule has 1 aliphatic heterocycles. The van der Waals surface area contributed by atoms with Crippen LogP contribution in [0.1, 0.15) is 92.9 Å². The monoisotopic (exact) mass is 396 g/mol. The van der Waals surface area contributed by atoms with Gasteiger partial charge in [-0.15, -0.1) is 0 Å². The van der Waals surface area contributed by atoms with E-state index in [4.69, 9.17) is 4.74 Å². The molecule has 1 saturated heterocycles. The highest BCUT2D eigenvalue weighted by Crippen LogP contribution is 2.23. The zero-order valence-electron chi connectivity index (χ0n) is 18.7. The SMILES string of the molecule is CCCC(C)(CCC)NC(=O)C1CCN(C(=O)CCC(=O)OC(C)(C)C)CC1. The van der Waals surface area contributed by atoms with Gasteiger partial charge in [-0.25, -0.2) is 0 Å². The Morgan fingerprint density at radius 1 is 0.964 bits per heavy atom. The Morgan fingerprint density at radius 3 is 1.96 bits per heavy atom. The molecule has 0 radical (unpaired) electrons. The maximum absolute atomic E-state index is 12.7. The molecule has 162 valence electrons. The van der Waals surface area contributed by atoms with Crippen molar-refractivity contribution in [3.8, 4) is 0 Å². The highest BCUT2D eigenvalue weighted by Gasteiger charge is 2.31. The summed E-state index contributed by atoms with van der Waals surface area (Å²) in [6, 6.07) is 0. The maximum atomic E-state index is 12.7. The molecule has 0 unspecified atom stereocenters. The van der Waals surface area contributed by atoms with E-state index in [1.807, 2.05) is 20.8 Å². The van der Waals surface area contributed by atoms with Crippen molar-refractivity contribution in [3.05, 3.63) is 0 Å². The minimum absolute atomic E-state index is 0.0356. The molecule has 0 atom stereocenters. The fourth-order valence-corrected chi connectivity index (χ4v) is 3.90. The lowest BCUT2D eigenvalue weighted by Gasteiger charge is -2.35. The summed E-state index contributed by atoms with van der Waals surface area (Å²) in [5, 5.41) is 3.27. The second-order valence-corrected chi connectivity index (χ2v) is 9.29. The summed E-state index contributed by atoms with van der Waals surface area (Å²) in [6.07, 6.45) is 5.67. The van der Waals surface area contributed by atoms with Gasteiger partial charge in [0.25, 0.3) is 0 Å². The second-order valence-electron chi connectivity index (χ2n) is 9.29. The minimum Gasteiger partial charge on any atom is -0.460 e. The number of likely N-dealkylation sites (tertiary alicyclic amines) is 1. The van der Waals surface area contributed by atoms with Gasteiger partial charge in [0.2, 0.25) is 11.8 Å². The third kappa shape index (κ3) is 8.61. The molecule has 1 fully saturated rings. The van der Waals surface area contributed by atoms with Crippen molar-refractivity contribution in [3.63, 3.8) is 0 Å². The first-order valence-corrected chi connectivity index (χ1v) is 10.8. The molecule has 0 spiro atoms. The average Bonchev–Trinajstić information content (AvgIpc) is 2.58. The van der Waals surface area contributed by atoms with Crippen LogP contribution < -0.4 is 5.32 Å². The van der Waals surface area contributed by atoms with Gasteiger partial charge in [0, 0.05) is 31.0 Å². The smallest absolute Gasteiger partial charge is 0.306 e. The van der Waals surface area contributed by atoms with Crippen molar-refractivity contribution in [1.29, 1.82) is 0 Å². The number of nitrogens with zero attached hydrogens (tertiary/aromatic N) is 1. The van der Waals surface area contributed by atoms with Gasteiger partial charge < -0.3 is 15.0 Å². The molecule has 6 heteroatoms. The van der Waals surface area contributed by atoms with E-state index in [0.29, 0.717) is 25.9 Å². The fourth-order valence-electron chi connectivity index (χ4n) is 3.90. The Hall–Kier alpha value is -1.59. The maximum Gasteiger partial charge on any atom is 0.306 e. The summed E-state index contributed by atoms with van der Waals surface area (Å²) in [5.41, 5.74) is -0.670. The van der Waals surface area contributed by atoms with Gasteiger partial charge >= 0.3 is 5.97 Å². The molecule has 0 aromatic carbocycles. The van der Waals surface area contributed by atoms with Gasteiger partial charge in [-0.05, 0) is 53.4 Å². The predicted octanol–water partition coefficient (Wildman–Crippen LogP) is 3.82. The molecule has 1 N–H and O–H groups in total. The summed E-state index contributed by atoms with van der Waals surface area (Å²) in [7, 11) is 0. The van der Waals surface area contributed by atoms with Gasteiger partial charge in [-0.1, -0.05) is 26.7 Å². The molecule has 0 aromatic rings. The van der Waals surface area contributed by atoms with Gasteiger partial charge in [-0.3, -0.25) is 14.4 Å². The van der Waals surface area contributed by atoms with Crippen molar-refractivity contribution in [2.45, 2.75) is 104 Å². The standard InChI is InChI=1S/C22H40N2O4/c1-7-13-22(6,14-8-2)23-20(27)17-11-15-24(16-12-17)18(25)9-10-19(26)28-21(3,4)5/h17H,7-16H2,1-6H3,(H,23,27). The zero-order chi connectivity index (χ0) is 21.4. The van der Waals surface area contributed by atoms with E-state index in [-0.39, 0.29) is 42.1 Å². The predicted molar refractivity (Wildman–Crippen MR) is 111 cm³/mol. The molecular formula is C22H40N2O4. The lowest BCUT2D eigenvalue weighted by atomic mass is 9.88. The molecule has 0 aromatic heterocycles. The Bertz CT molecular complexity index is 525. The number of hydrogen-bond donors (Lipinski definition) is 1. The van der Waals surface area contributed by atoms with Gasteiger partial charge in [0.05, 0.1) is 6.42 Å². The van der Waals surface area contributed by atoms with Crippen molar-refractivity contribution >= 4 is 17.8 Å². The van der Waals surface area contributed by atoms with E-state index < -0.39 is 5.60 Å². The van der Waals surface area contributed by atoms with Crippen LogP contribution in [0.2, 0.25) is 0 Å². The van der Waals surface area contributed by atoms with Gasteiger partial charge in [0.1, 0.15) is 5.60 Å². The normalized spacial score (nSPS) is 16.0. The molecule has 0 bridgehead atoms. The lowest BCUT2D eigenvalue weighted by Crippen LogP contribution is -2.50. The van der Waals surface area contributed by atoms with Crippen LogP contribution in [0, 0.1) is 5.92 Å². The summed E-state index contributed by atoms with van der Waals surface area (Å²) in [5.74, 6) is -0.305. The van der Waals surface area contributed by atoms with Crippen LogP contribution >= 0.6 is 0 Å². The molecular weight excluding hydrogens is 356 g/mol. The van der Waals surface area contributed by atoms with Crippen LogP contribution in [0.5, 0.6) is 0 Å². The Labute approximate surface area is 170 Å².